The van der Waals surface area contributed by atoms with Gasteiger partial charge in [0, 0.05) is 10.6 Å². The van der Waals surface area contributed by atoms with E-state index in [-0.39, 0.29) is 10.6 Å². The normalized spacial score (nSPS) is 13.6. The van der Waals surface area contributed by atoms with E-state index >= 15 is 4.57 Å². The number of nitrogens with one attached hydrogen (secondary N) is 1. The maximum atomic E-state index is 15.1. The molecule has 0 amide bonds. The fourth-order valence-corrected chi connectivity index (χ4v) is 7.04. The summed E-state index contributed by atoms with van der Waals surface area (Å²) < 4.78 is 48.8. The van der Waals surface area contributed by atoms with Crippen molar-refractivity contribution in [3.8, 4) is 0 Å². The second kappa shape index (κ2) is 11.3. The zero-order valence-electron chi connectivity index (χ0n) is 21.3. The van der Waals surface area contributed by atoms with Gasteiger partial charge < -0.3 is 4.74 Å². The number of rotatable bonds is 8. The van der Waals surface area contributed by atoms with Crippen molar-refractivity contribution in [3.05, 3.63) is 131 Å². The predicted molar refractivity (Wildman–Crippen MR) is 149 cm³/mol. The van der Waals surface area contributed by atoms with Crippen LogP contribution >= 0.6 is 7.29 Å². The molecule has 0 aliphatic heterocycles. The van der Waals surface area contributed by atoms with Crippen LogP contribution in [0.1, 0.15) is 30.5 Å². The quantitative estimate of drug-likeness (QED) is 0.164. The summed E-state index contributed by atoms with van der Waals surface area (Å²) >= 11 is 0. The highest BCUT2D eigenvalue weighted by molar-refractivity contribution is 7.77. The first-order valence-electron chi connectivity index (χ1n) is 12.0. The Labute approximate surface area is 221 Å². The smallest absolute Gasteiger partial charge is 0.325 e. The number of halogens is 2. The van der Waals surface area contributed by atoms with Gasteiger partial charge in [-0.2, -0.15) is 0 Å². The first-order chi connectivity index (χ1) is 18.1. The molecule has 38 heavy (non-hydrogen) atoms. The maximum absolute atomic E-state index is 15.1. The van der Waals surface area contributed by atoms with Crippen LogP contribution in [-0.4, -0.2) is 18.6 Å². The molecule has 0 spiro atoms. The predicted octanol–water partition coefficient (Wildman–Crippen LogP) is 6.32. The number of hydrogen-bond acceptors (Lipinski definition) is 3. The van der Waals surface area contributed by atoms with E-state index in [1.807, 2.05) is 66.7 Å². The Bertz CT molecular complexity index is 1500. The van der Waals surface area contributed by atoms with Crippen molar-refractivity contribution in [1.29, 1.82) is 0 Å². The molecule has 0 heterocycles. The first-order valence-corrected chi connectivity index (χ1v) is 13.7. The SMILES string of the molecule is COC(=O)C(C)(C)NP(=O)(c1ccc(F)cc1)c1ccc(F)cc1/C(=C/c1ccccc1)c1ccccc1. The largest absolute Gasteiger partial charge is 0.468 e. The van der Waals surface area contributed by atoms with Gasteiger partial charge in [0.2, 0.25) is 7.29 Å². The molecule has 0 saturated carbocycles. The molecule has 4 nitrogen and oxygen atoms in total. The van der Waals surface area contributed by atoms with Crippen molar-refractivity contribution >= 4 is 35.5 Å². The van der Waals surface area contributed by atoms with Crippen molar-refractivity contribution in [2.75, 3.05) is 7.11 Å². The molecule has 4 aromatic rings. The van der Waals surface area contributed by atoms with Crippen LogP contribution in [0.5, 0.6) is 0 Å². The molecule has 0 bridgehead atoms. The van der Waals surface area contributed by atoms with Gasteiger partial charge in [-0.05, 0) is 84.7 Å². The third-order valence-corrected chi connectivity index (χ3v) is 9.07. The highest BCUT2D eigenvalue weighted by atomic mass is 31.2. The van der Waals surface area contributed by atoms with Gasteiger partial charge in [0.25, 0.3) is 0 Å². The van der Waals surface area contributed by atoms with E-state index in [4.69, 9.17) is 4.74 Å². The van der Waals surface area contributed by atoms with Crippen LogP contribution < -0.4 is 15.7 Å². The Hall–Kier alpha value is -3.86. The minimum Gasteiger partial charge on any atom is -0.468 e. The summed E-state index contributed by atoms with van der Waals surface area (Å²) in [5.74, 6) is -1.65. The van der Waals surface area contributed by atoms with E-state index in [1.54, 1.807) is 13.8 Å². The Morgan fingerprint density at radius 1 is 0.842 bits per heavy atom. The summed E-state index contributed by atoms with van der Waals surface area (Å²) in [6.45, 7) is 3.10. The summed E-state index contributed by atoms with van der Waals surface area (Å²) in [6, 6.07) is 28.1. The number of carbonyl (C=O) groups excluding carboxylic acids is 1. The molecule has 1 atom stereocenters. The lowest BCUT2D eigenvalue weighted by atomic mass is 9.95. The van der Waals surface area contributed by atoms with Crippen molar-refractivity contribution in [2.24, 2.45) is 0 Å². The second-order valence-corrected chi connectivity index (χ2v) is 11.8. The molecule has 0 aliphatic carbocycles. The summed E-state index contributed by atoms with van der Waals surface area (Å²) in [4.78, 5) is 12.6. The molecule has 7 heteroatoms. The molecule has 0 fully saturated rings. The summed E-state index contributed by atoms with van der Waals surface area (Å²) in [5.41, 5.74) is 1.26. The highest BCUT2D eigenvalue weighted by Gasteiger charge is 2.40. The standard InChI is InChI=1S/C31H28F2NO3P/c1-31(2,30(35)37-3)34-38(36,26-17-14-24(32)15-18-26)29-19-16-25(33)21-28(29)27(23-12-8-5-9-13-23)20-22-10-6-4-7-11-22/h4-21H,1-3H3,(H,34,36)/b27-20+. The van der Waals surface area contributed by atoms with E-state index in [0.29, 0.717) is 11.1 Å². The number of ether oxygens (including phenoxy) is 1. The number of carbonyl (C=O) groups is 1. The Kier molecular flexibility index (Phi) is 8.05. The molecule has 1 unspecified atom stereocenters. The van der Waals surface area contributed by atoms with Crippen molar-refractivity contribution < 1.29 is 22.9 Å². The van der Waals surface area contributed by atoms with Crippen LogP contribution in [-0.2, 0) is 14.1 Å². The number of methoxy groups -OCH3 is 1. The van der Waals surface area contributed by atoms with E-state index in [2.05, 4.69) is 5.09 Å². The molecule has 0 saturated heterocycles. The van der Waals surface area contributed by atoms with Gasteiger partial charge in [0.1, 0.15) is 17.2 Å². The molecular formula is C31H28F2NO3P. The second-order valence-electron chi connectivity index (χ2n) is 9.31. The number of benzene rings is 4. The van der Waals surface area contributed by atoms with E-state index < -0.39 is 30.4 Å². The molecule has 4 aromatic carbocycles. The lowest BCUT2D eigenvalue weighted by Gasteiger charge is -2.31. The van der Waals surface area contributed by atoms with Crippen LogP contribution in [0.4, 0.5) is 8.78 Å². The van der Waals surface area contributed by atoms with Gasteiger partial charge in [-0.3, -0.25) is 9.36 Å². The van der Waals surface area contributed by atoms with E-state index in [1.165, 1.54) is 49.6 Å². The van der Waals surface area contributed by atoms with Crippen LogP contribution in [0, 0.1) is 11.6 Å². The fraction of sp³-hybridized carbons (Fsp3) is 0.129. The van der Waals surface area contributed by atoms with Crippen LogP contribution in [0.25, 0.3) is 11.6 Å². The third kappa shape index (κ3) is 5.83. The molecule has 194 valence electrons. The third-order valence-electron chi connectivity index (χ3n) is 6.11. The summed E-state index contributed by atoms with van der Waals surface area (Å²) in [5, 5.41) is 3.54. The Balaban J connectivity index is 2.03. The van der Waals surface area contributed by atoms with Gasteiger partial charge >= 0.3 is 5.97 Å². The fourth-order valence-electron chi connectivity index (χ4n) is 4.26. The molecular weight excluding hydrogens is 503 g/mol. The first kappa shape index (κ1) is 27.2. The summed E-state index contributed by atoms with van der Waals surface area (Å²) in [7, 11) is -2.65. The zero-order chi connectivity index (χ0) is 27.3. The topological polar surface area (TPSA) is 55.4 Å². The lowest BCUT2D eigenvalue weighted by Crippen LogP contribution is -2.49. The van der Waals surface area contributed by atoms with Crippen LogP contribution in [0.3, 0.4) is 0 Å². The highest BCUT2D eigenvalue weighted by Crippen LogP contribution is 2.45. The maximum Gasteiger partial charge on any atom is 0.325 e. The van der Waals surface area contributed by atoms with E-state index in [9.17, 15) is 13.6 Å². The molecule has 1 N–H and O–H groups in total. The molecule has 0 radical (unpaired) electrons. The average Bonchev–Trinajstić information content (AvgIpc) is 2.92. The van der Waals surface area contributed by atoms with Crippen molar-refractivity contribution in [1.82, 2.24) is 5.09 Å². The van der Waals surface area contributed by atoms with Crippen molar-refractivity contribution in [3.63, 3.8) is 0 Å². The summed E-state index contributed by atoms with van der Waals surface area (Å²) in [6.07, 6.45) is 1.90. The van der Waals surface area contributed by atoms with Crippen LogP contribution in [0.15, 0.2) is 103 Å². The average molecular weight is 532 g/mol. The van der Waals surface area contributed by atoms with Gasteiger partial charge in [-0.1, -0.05) is 60.7 Å². The molecule has 0 aromatic heterocycles. The zero-order valence-corrected chi connectivity index (χ0v) is 22.2. The molecule has 0 aliphatic rings. The van der Waals surface area contributed by atoms with Gasteiger partial charge in [0.05, 0.1) is 7.11 Å². The Morgan fingerprint density at radius 2 is 1.42 bits per heavy atom. The molecule has 4 rings (SSSR count). The number of hydrogen-bond donors (Lipinski definition) is 1. The van der Waals surface area contributed by atoms with Gasteiger partial charge in [0.15, 0.2) is 0 Å². The van der Waals surface area contributed by atoms with Crippen molar-refractivity contribution in [2.45, 2.75) is 19.4 Å². The van der Waals surface area contributed by atoms with Crippen LogP contribution in [0.2, 0.25) is 0 Å². The van der Waals surface area contributed by atoms with E-state index in [0.717, 1.165) is 11.1 Å². The lowest BCUT2D eigenvalue weighted by molar-refractivity contribution is -0.146. The Morgan fingerprint density at radius 3 is 2.03 bits per heavy atom. The number of esters is 1. The minimum absolute atomic E-state index is 0.260. The van der Waals surface area contributed by atoms with Gasteiger partial charge in [-0.15, -0.1) is 0 Å². The van der Waals surface area contributed by atoms with Gasteiger partial charge in [-0.25, -0.2) is 13.9 Å². The minimum atomic E-state index is -3.89. The monoisotopic (exact) mass is 531 g/mol.